The molecule has 1 aliphatic heterocycles. The minimum Gasteiger partial charge on any atom is -0.355 e. The Kier molecular flexibility index (Phi) is 4.31. The molecule has 0 radical (unpaired) electrons. The van der Waals surface area contributed by atoms with Crippen molar-refractivity contribution in [2.45, 2.75) is 12.8 Å². The van der Waals surface area contributed by atoms with Gasteiger partial charge >= 0.3 is 0 Å². The van der Waals surface area contributed by atoms with Gasteiger partial charge in [0, 0.05) is 13.1 Å². The van der Waals surface area contributed by atoms with E-state index in [1.54, 1.807) is 18.2 Å². The quantitative estimate of drug-likeness (QED) is 0.877. The molecule has 1 unspecified atom stereocenters. The van der Waals surface area contributed by atoms with Crippen molar-refractivity contribution in [3.63, 3.8) is 0 Å². The predicted molar refractivity (Wildman–Crippen MR) is 68.7 cm³/mol. The van der Waals surface area contributed by atoms with Gasteiger partial charge in [0.15, 0.2) is 0 Å². The fourth-order valence-electron chi connectivity index (χ4n) is 2.33. The van der Waals surface area contributed by atoms with Crippen molar-refractivity contribution >= 4 is 5.91 Å². The van der Waals surface area contributed by atoms with Gasteiger partial charge in [-0.15, -0.1) is 0 Å². The van der Waals surface area contributed by atoms with Crippen molar-refractivity contribution in [3.05, 3.63) is 35.6 Å². The maximum atomic E-state index is 13.4. The summed E-state index contributed by atoms with van der Waals surface area (Å²) in [7, 11) is 2.08. The first kappa shape index (κ1) is 13.0. The molecule has 0 aromatic heterocycles. The summed E-state index contributed by atoms with van der Waals surface area (Å²) >= 11 is 0. The Hall–Kier alpha value is -1.42. The highest BCUT2D eigenvalue weighted by atomic mass is 19.1. The van der Waals surface area contributed by atoms with E-state index >= 15 is 0 Å². The summed E-state index contributed by atoms with van der Waals surface area (Å²) in [5.41, 5.74) is 0.457. The first-order valence-corrected chi connectivity index (χ1v) is 6.34. The number of hydrogen-bond donors (Lipinski definition) is 1. The number of nitrogens with zero attached hydrogens (tertiary/aromatic N) is 1. The first-order chi connectivity index (χ1) is 8.65. The average molecular weight is 250 g/mol. The summed E-state index contributed by atoms with van der Waals surface area (Å²) in [5, 5.41) is 2.89. The van der Waals surface area contributed by atoms with Crippen LogP contribution in [0.4, 0.5) is 4.39 Å². The van der Waals surface area contributed by atoms with Crippen LogP contribution in [-0.2, 0) is 11.2 Å². The van der Waals surface area contributed by atoms with Gasteiger partial charge < -0.3 is 10.2 Å². The lowest BCUT2D eigenvalue weighted by atomic mass is 10.1. The zero-order valence-electron chi connectivity index (χ0n) is 10.7. The summed E-state index contributed by atoms with van der Waals surface area (Å²) in [6, 6.07) is 6.41. The molecule has 1 aromatic carbocycles. The van der Waals surface area contributed by atoms with E-state index in [2.05, 4.69) is 17.3 Å². The van der Waals surface area contributed by atoms with Crippen molar-refractivity contribution in [1.82, 2.24) is 10.2 Å². The molecule has 1 atom stereocenters. The third-order valence-corrected chi connectivity index (χ3v) is 3.39. The normalized spacial score (nSPS) is 20.0. The van der Waals surface area contributed by atoms with E-state index in [0.29, 0.717) is 18.0 Å². The summed E-state index contributed by atoms with van der Waals surface area (Å²) < 4.78 is 13.4. The van der Waals surface area contributed by atoms with Crippen LogP contribution in [0, 0.1) is 11.7 Å². The Morgan fingerprint density at radius 2 is 2.28 bits per heavy atom. The average Bonchev–Trinajstić information content (AvgIpc) is 2.76. The predicted octanol–water partition coefficient (Wildman–Crippen LogP) is 1.44. The number of hydrogen-bond acceptors (Lipinski definition) is 2. The van der Waals surface area contributed by atoms with Crippen molar-refractivity contribution in [3.8, 4) is 0 Å². The number of likely N-dealkylation sites (tertiary alicyclic amines) is 1. The third-order valence-electron chi connectivity index (χ3n) is 3.39. The molecule has 1 aliphatic rings. The highest BCUT2D eigenvalue weighted by Crippen LogP contribution is 2.13. The Bertz CT molecular complexity index is 422. The molecule has 0 aliphatic carbocycles. The maximum absolute atomic E-state index is 13.4. The molecule has 1 amide bonds. The van der Waals surface area contributed by atoms with Crippen LogP contribution in [-0.4, -0.2) is 37.5 Å². The van der Waals surface area contributed by atoms with Crippen LogP contribution < -0.4 is 5.32 Å². The van der Waals surface area contributed by atoms with Gasteiger partial charge in [0.25, 0.3) is 0 Å². The number of halogens is 1. The van der Waals surface area contributed by atoms with E-state index in [1.165, 1.54) is 6.07 Å². The second-order valence-electron chi connectivity index (χ2n) is 4.99. The molecule has 1 N–H and O–H groups in total. The van der Waals surface area contributed by atoms with Crippen LogP contribution in [0.5, 0.6) is 0 Å². The Balaban J connectivity index is 1.77. The summed E-state index contributed by atoms with van der Waals surface area (Å²) in [4.78, 5) is 14.0. The van der Waals surface area contributed by atoms with Crippen molar-refractivity contribution in [2.24, 2.45) is 5.92 Å². The van der Waals surface area contributed by atoms with Gasteiger partial charge in [0.2, 0.25) is 5.91 Å². The lowest BCUT2D eigenvalue weighted by Crippen LogP contribution is -2.31. The zero-order chi connectivity index (χ0) is 13.0. The van der Waals surface area contributed by atoms with E-state index in [-0.39, 0.29) is 18.1 Å². The zero-order valence-corrected chi connectivity index (χ0v) is 10.7. The molecule has 4 heteroatoms. The number of amides is 1. The molecule has 98 valence electrons. The number of benzene rings is 1. The van der Waals surface area contributed by atoms with Gasteiger partial charge in [-0.2, -0.15) is 0 Å². The molecule has 0 saturated carbocycles. The second kappa shape index (κ2) is 5.96. The lowest BCUT2D eigenvalue weighted by molar-refractivity contribution is -0.120. The standard InChI is InChI=1S/C14H19FN2O/c1-17-7-6-11(10-17)9-16-14(18)8-12-4-2-3-5-13(12)15/h2-5,11H,6-10H2,1H3,(H,16,18). The topological polar surface area (TPSA) is 32.3 Å². The molecule has 1 heterocycles. The Morgan fingerprint density at radius 1 is 1.50 bits per heavy atom. The summed E-state index contributed by atoms with van der Waals surface area (Å²) in [6.45, 7) is 2.81. The van der Waals surface area contributed by atoms with E-state index in [9.17, 15) is 9.18 Å². The van der Waals surface area contributed by atoms with Crippen LogP contribution in [0.25, 0.3) is 0 Å². The maximum Gasteiger partial charge on any atom is 0.224 e. The first-order valence-electron chi connectivity index (χ1n) is 6.34. The molecule has 1 aromatic rings. The van der Waals surface area contributed by atoms with Gasteiger partial charge in [-0.3, -0.25) is 4.79 Å². The SMILES string of the molecule is CN1CCC(CNC(=O)Cc2ccccc2F)C1. The molecule has 1 fully saturated rings. The number of carbonyl (C=O) groups is 1. The monoisotopic (exact) mass is 250 g/mol. The second-order valence-corrected chi connectivity index (χ2v) is 4.99. The van der Waals surface area contributed by atoms with Crippen molar-refractivity contribution in [2.75, 3.05) is 26.7 Å². The molecule has 18 heavy (non-hydrogen) atoms. The van der Waals surface area contributed by atoms with Gasteiger partial charge in [-0.25, -0.2) is 4.39 Å². The largest absolute Gasteiger partial charge is 0.355 e. The fraction of sp³-hybridized carbons (Fsp3) is 0.500. The van der Waals surface area contributed by atoms with Crippen LogP contribution >= 0.6 is 0 Å². The number of carbonyl (C=O) groups excluding carboxylic acids is 1. The molecule has 3 nitrogen and oxygen atoms in total. The minimum atomic E-state index is -0.312. The Morgan fingerprint density at radius 3 is 2.94 bits per heavy atom. The fourth-order valence-corrected chi connectivity index (χ4v) is 2.33. The van der Waals surface area contributed by atoms with E-state index in [4.69, 9.17) is 0 Å². The summed E-state index contributed by atoms with van der Waals surface area (Å²) in [6.07, 6.45) is 1.24. The van der Waals surface area contributed by atoms with Crippen molar-refractivity contribution in [1.29, 1.82) is 0 Å². The summed E-state index contributed by atoms with van der Waals surface area (Å²) in [5.74, 6) is 0.113. The van der Waals surface area contributed by atoms with Crippen LogP contribution in [0.15, 0.2) is 24.3 Å². The third kappa shape index (κ3) is 3.53. The van der Waals surface area contributed by atoms with E-state index in [1.807, 2.05) is 0 Å². The van der Waals surface area contributed by atoms with Gasteiger partial charge in [0.05, 0.1) is 6.42 Å². The van der Waals surface area contributed by atoms with Crippen LogP contribution in [0.2, 0.25) is 0 Å². The van der Waals surface area contributed by atoms with E-state index < -0.39 is 0 Å². The molecular weight excluding hydrogens is 231 g/mol. The number of rotatable bonds is 4. The number of nitrogens with one attached hydrogen (secondary N) is 1. The van der Waals surface area contributed by atoms with Crippen LogP contribution in [0.1, 0.15) is 12.0 Å². The molecule has 0 spiro atoms. The van der Waals surface area contributed by atoms with Crippen LogP contribution in [0.3, 0.4) is 0 Å². The van der Waals surface area contributed by atoms with Gasteiger partial charge in [-0.05, 0) is 37.6 Å². The molecule has 1 saturated heterocycles. The Labute approximate surface area is 107 Å². The van der Waals surface area contributed by atoms with E-state index in [0.717, 1.165) is 19.5 Å². The highest BCUT2D eigenvalue weighted by molar-refractivity contribution is 5.78. The lowest BCUT2D eigenvalue weighted by Gasteiger charge is -2.11. The van der Waals surface area contributed by atoms with Crippen molar-refractivity contribution < 1.29 is 9.18 Å². The molecule has 0 bridgehead atoms. The smallest absolute Gasteiger partial charge is 0.224 e. The van der Waals surface area contributed by atoms with Gasteiger partial charge in [0.1, 0.15) is 5.82 Å². The van der Waals surface area contributed by atoms with Gasteiger partial charge in [-0.1, -0.05) is 18.2 Å². The molecule has 2 rings (SSSR count). The molecular formula is C14H19FN2O. The minimum absolute atomic E-state index is 0.102. The highest BCUT2D eigenvalue weighted by Gasteiger charge is 2.19.